The van der Waals surface area contributed by atoms with Crippen LogP contribution in [0.3, 0.4) is 0 Å². The van der Waals surface area contributed by atoms with E-state index in [1.807, 2.05) is 11.8 Å². The molecule has 0 aliphatic carbocycles. The van der Waals surface area contributed by atoms with E-state index in [9.17, 15) is 22.4 Å². The summed E-state index contributed by atoms with van der Waals surface area (Å²) in [6.45, 7) is 3.49. The largest absolute Gasteiger partial charge is 0.488 e. The van der Waals surface area contributed by atoms with E-state index in [1.165, 1.54) is 23.1 Å². The molecule has 1 aliphatic heterocycles. The molecule has 2 heterocycles. The zero-order valence-electron chi connectivity index (χ0n) is 17.0. The molecule has 1 fully saturated rings. The van der Waals surface area contributed by atoms with Gasteiger partial charge in [0.15, 0.2) is 11.3 Å². The molecule has 0 bridgehead atoms. The number of alkyl halides is 3. The second kappa shape index (κ2) is 8.47. The first kappa shape index (κ1) is 21.6. The molecular weight excluding hydrogens is 416 g/mol. The minimum atomic E-state index is -4.19. The van der Waals surface area contributed by atoms with Crippen LogP contribution < -0.4 is 10.2 Å². The molecule has 2 aromatic carbocycles. The molecule has 9 heteroatoms. The highest BCUT2D eigenvalue weighted by Crippen LogP contribution is 2.29. The van der Waals surface area contributed by atoms with Gasteiger partial charge in [-0.3, -0.25) is 14.6 Å². The van der Waals surface area contributed by atoms with Crippen molar-refractivity contribution in [1.29, 1.82) is 0 Å². The predicted molar refractivity (Wildman–Crippen MR) is 109 cm³/mol. The van der Waals surface area contributed by atoms with Gasteiger partial charge in [-0.15, -0.1) is 0 Å². The van der Waals surface area contributed by atoms with Crippen LogP contribution in [0.2, 0.25) is 0 Å². The Labute approximate surface area is 175 Å². The third kappa shape index (κ3) is 4.99. The Balaban J connectivity index is 1.47. The number of piperazine rings is 1. The van der Waals surface area contributed by atoms with Crippen molar-refractivity contribution in [1.82, 2.24) is 9.80 Å². The number of halogens is 4. The molecule has 31 heavy (non-hydrogen) atoms. The van der Waals surface area contributed by atoms with E-state index in [4.69, 9.17) is 9.15 Å². The summed E-state index contributed by atoms with van der Waals surface area (Å²) in [5.41, 5.74) is 0.957. The van der Waals surface area contributed by atoms with Gasteiger partial charge in [-0.2, -0.15) is 13.2 Å². The minimum absolute atomic E-state index is 0.145. The molecule has 1 saturated heterocycles. The molecule has 0 radical (unpaired) electrons. The molecular formula is C22H22F4N2O3. The fourth-order valence-electron chi connectivity index (χ4n) is 3.85. The first-order valence-corrected chi connectivity index (χ1v) is 10.0. The minimum Gasteiger partial charge on any atom is -0.488 e. The Bertz CT molecular complexity index is 1150. The number of hydrogen-bond donors (Lipinski definition) is 0. The highest BCUT2D eigenvalue weighted by atomic mass is 19.4. The Morgan fingerprint density at radius 1 is 1.03 bits per heavy atom. The number of fused-ring (bicyclic) bond motifs is 2. The Morgan fingerprint density at radius 3 is 2.45 bits per heavy atom. The summed E-state index contributed by atoms with van der Waals surface area (Å²) in [5, 5.41) is 0.650. The quantitative estimate of drug-likeness (QED) is 0.446. The molecule has 5 nitrogen and oxygen atoms in total. The van der Waals surface area contributed by atoms with Gasteiger partial charge < -0.3 is 9.15 Å². The van der Waals surface area contributed by atoms with Crippen LogP contribution in [0, 0.1) is 12.7 Å². The van der Waals surface area contributed by atoms with Gasteiger partial charge in [0.2, 0.25) is 5.43 Å². The standard InChI is InChI=1S/C22H22F4N2O3/c1-14-10-17-20(29)16-3-2-15(23)12-18(16)31-21(17)19(11-14)30-9-8-27-4-6-28(7-5-27)13-22(24,25)26/h2-3,10-12H,4-9,13H2,1H3. The van der Waals surface area contributed by atoms with E-state index in [1.54, 1.807) is 12.1 Å². The van der Waals surface area contributed by atoms with Gasteiger partial charge in [0, 0.05) is 38.8 Å². The van der Waals surface area contributed by atoms with Crippen molar-refractivity contribution in [3.05, 3.63) is 51.9 Å². The van der Waals surface area contributed by atoms with Gasteiger partial charge in [-0.25, -0.2) is 4.39 Å². The van der Waals surface area contributed by atoms with Gasteiger partial charge in [0.1, 0.15) is 18.0 Å². The number of rotatable bonds is 5. The molecule has 0 saturated carbocycles. The molecule has 0 N–H and O–H groups in total. The summed E-state index contributed by atoms with van der Waals surface area (Å²) in [5.74, 6) is -0.122. The smallest absolute Gasteiger partial charge is 0.401 e. The summed E-state index contributed by atoms with van der Waals surface area (Å²) in [6, 6.07) is 7.23. The van der Waals surface area contributed by atoms with E-state index in [0.717, 1.165) is 5.56 Å². The summed E-state index contributed by atoms with van der Waals surface area (Å²) < 4.78 is 62.8. The average molecular weight is 438 g/mol. The number of benzene rings is 2. The van der Waals surface area contributed by atoms with Crippen LogP contribution in [-0.4, -0.2) is 61.9 Å². The number of nitrogens with zero attached hydrogens (tertiary/aromatic N) is 2. The van der Waals surface area contributed by atoms with E-state index in [2.05, 4.69) is 0 Å². The zero-order chi connectivity index (χ0) is 22.2. The van der Waals surface area contributed by atoms with Gasteiger partial charge >= 0.3 is 6.18 Å². The SMILES string of the molecule is Cc1cc(OCCN2CCN(CC(F)(F)F)CC2)c2oc3cc(F)ccc3c(=O)c2c1. The molecule has 0 amide bonds. The molecule has 0 unspecified atom stereocenters. The van der Waals surface area contributed by atoms with Gasteiger partial charge in [0.05, 0.1) is 17.3 Å². The maximum Gasteiger partial charge on any atom is 0.401 e. The van der Waals surface area contributed by atoms with Crippen molar-refractivity contribution in [3.8, 4) is 5.75 Å². The van der Waals surface area contributed by atoms with Crippen molar-refractivity contribution in [2.24, 2.45) is 0 Å². The normalized spacial score (nSPS) is 16.3. The van der Waals surface area contributed by atoms with Crippen molar-refractivity contribution >= 4 is 21.9 Å². The van der Waals surface area contributed by atoms with Crippen LogP contribution in [0.4, 0.5) is 17.6 Å². The first-order valence-electron chi connectivity index (χ1n) is 10.0. The topological polar surface area (TPSA) is 45.9 Å². The molecule has 0 atom stereocenters. The van der Waals surface area contributed by atoms with Crippen molar-refractivity contribution < 1.29 is 26.7 Å². The van der Waals surface area contributed by atoms with E-state index >= 15 is 0 Å². The van der Waals surface area contributed by atoms with Crippen molar-refractivity contribution in [2.75, 3.05) is 45.9 Å². The molecule has 1 aromatic heterocycles. The van der Waals surface area contributed by atoms with Gasteiger partial charge in [-0.1, -0.05) is 0 Å². The Kier molecular flexibility index (Phi) is 5.90. The van der Waals surface area contributed by atoms with Crippen LogP contribution in [0.5, 0.6) is 5.75 Å². The molecule has 4 rings (SSSR count). The zero-order valence-corrected chi connectivity index (χ0v) is 17.0. The first-order chi connectivity index (χ1) is 14.7. The fourth-order valence-corrected chi connectivity index (χ4v) is 3.85. The average Bonchev–Trinajstić information content (AvgIpc) is 2.69. The van der Waals surface area contributed by atoms with Crippen molar-refractivity contribution in [2.45, 2.75) is 13.1 Å². The summed E-state index contributed by atoms with van der Waals surface area (Å²) in [7, 11) is 0. The lowest BCUT2D eigenvalue weighted by atomic mass is 10.1. The lowest BCUT2D eigenvalue weighted by Crippen LogP contribution is -2.49. The fraction of sp³-hybridized carbons (Fsp3) is 0.409. The lowest BCUT2D eigenvalue weighted by Gasteiger charge is -2.34. The van der Waals surface area contributed by atoms with Crippen LogP contribution in [0.1, 0.15) is 5.56 Å². The summed E-state index contributed by atoms with van der Waals surface area (Å²) in [4.78, 5) is 16.3. The number of hydrogen-bond acceptors (Lipinski definition) is 5. The van der Waals surface area contributed by atoms with E-state index in [-0.39, 0.29) is 23.2 Å². The van der Waals surface area contributed by atoms with Crippen LogP contribution >= 0.6 is 0 Å². The predicted octanol–water partition coefficient (Wildman–Crippen LogP) is 3.95. The Morgan fingerprint density at radius 2 is 1.74 bits per heavy atom. The third-order valence-electron chi connectivity index (χ3n) is 5.38. The monoisotopic (exact) mass is 438 g/mol. The van der Waals surface area contributed by atoms with E-state index < -0.39 is 18.5 Å². The summed E-state index contributed by atoms with van der Waals surface area (Å²) >= 11 is 0. The Hall–Kier alpha value is -2.65. The summed E-state index contributed by atoms with van der Waals surface area (Å²) in [6.07, 6.45) is -4.19. The number of aryl methyl sites for hydroxylation is 1. The maximum absolute atomic E-state index is 13.6. The van der Waals surface area contributed by atoms with Gasteiger partial charge in [0.25, 0.3) is 0 Å². The molecule has 0 spiro atoms. The highest BCUT2D eigenvalue weighted by Gasteiger charge is 2.32. The second-order valence-corrected chi connectivity index (χ2v) is 7.79. The lowest BCUT2D eigenvalue weighted by molar-refractivity contribution is -0.149. The van der Waals surface area contributed by atoms with E-state index in [0.29, 0.717) is 49.2 Å². The molecule has 3 aromatic rings. The highest BCUT2D eigenvalue weighted by molar-refractivity contribution is 5.92. The maximum atomic E-state index is 13.6. The van der Waals surface area contributed by atoms with Crippen LogP contribution in [0.25, 0.3) is 21.9 Å². The third-order valence-corrected chi connectivity index (χ3v) is 5.38. The molecule has 1 aliphatic rings. The molecule has 166 valence electrons. The van der Waals surface area contributed by atoms with Crippen molar-refractivity contribution in [3.63, 3.8) is 0 Å². The van der Waals surface area contributed by atoms with Crippen LogP contribution in [0.15, 0.2) is 39.5 Å². The number of ether oxygens (including phenoxy) is 1. The van der Waals surface area contributed by atoms with Gasteiger partial charge in [-0.05, 0) is 36.8 Å². The van der Waals surface area contributed by atoms with Crippen LogP contribution in [-0.2, 0) is 0 Å². The second-order valence-electron chi connectivity index (χ2n) is 7.79.